The molecule has 15 heavy (non-hydrogen) atoms. The highest BCUT2D eigenvalue weighted by Crippen LogP contribution is 2.18. The fourth-order valence-corrected chi connectivity index (χ4v) is 1.33. The Kier molecular flexibility index (Phi) is 4.30. The first kappa shape index (κ1) is 11.7. The van der Waals surface area contributed by atoms with Crippen molar-refractivity contribution in [3.63, 3.8) is 0 Å². The topological polar surface area (TPSA) is 70.1 Å². The van der Waals surface area contributed by atoms with Crippen LogP contribution >= 0.6 is 0 Å². The van der Waals surface area contributed by atoms with Crippen molar-refractivity contribution in [1.29, 1.82) is 0 Å². The van der Waals surface area contributed by atoms with E-state index >= 15 is 0 Å². The van der Waals surface area contributed by atoms with Crippen LogP contribution in [0.25, 0.3) is 0 Å². The third kappa shape index (κ3) is 3.06. The van der Waals surface area contributed by atoms with Crippen molar-refractivity contribution in [3.05, 3.63) is 11.4 Å². The van der Waals surface area contributed by atoms with Crippen LogP contribution in [-0.2, 0) is 0 Å². The van der Waals surface area contributed by atoms with Gasteiger partial charge in [0.1, 0.15) is 17.5 Å². The first-order chi connectivity index (χ1) is 7.19. The minimum Gasteiger partial charge on any atom is -0.396 e. The van der Waals surface area contributed by atoms with E-state index in [1.54, 1.807) is 0 Å². The van der Waals surface area contributed by atoms with Gasteiger partial charge in [-0.05, 0) is 20.3 Å². The zero-order valence-corrected chi connectivity index (χ0v) is 9.46. The van der Waals surface area contributed by atoms with Crippen molar-refractivity contribution in [2.75, 3.05) is 30.8 Å². The number of hydrogen-bond donors (Lipinski definition) is 3. The highest BCUT2D eigenvalue weighted by molar-refractivity contribution is 5.56. The van der Waals surface area contributed by atoms with Gasteiger partial charge in [-0.3, -0.25) is 0 Å². The summed E-state index contributed by atoms with van der Waals surface area (Å²) in [6, 6.07) is 0. The molecule has 0 bridgehead atoms. The van der Waals surface area contributed by atoms with E-state index in [0.717, 1.165) is 36.0 Å². The molecule has 1 aromatic rings. The molecule has 0 unspecified atom stereocenters. The second kappa shape index (κ2) is 5.50. The summed E-state index contributed by atoms with van der Waals surface area (Å²) < 4.78 is 0. The van der Waals surface area contributed by atoms with Gasteiger partial charge in [-0.1, -0.05) is 0 Å². The van der Waals surface area contributed by atoms with Crippen molar-refractivity contribution >= 4 is 11.6 Å². The maximum absolute atomic E-state index is 8.68. The lowest BCUT2D eigenvalue weighted by molar-refractivity contribution is 0.292. The second-order valence-electron chi connectivity index (χ2n) is 3.35. The lowest BCUT2D eigenvalue weighted by atomic mass is 10.3. The Morgan fingerprint density at radius 3 is 2.47 bits per heavy atom. The fraction of sp³-hybridized carbons (Fsp3) is 0.600. The summed E-state index contributed by atoms with van der Waals surface area (Å²) in [5.41, 5.74) is 1.00. The summed E-state index contributed by atoms with van der Waals surface area (Å²) in [6.45, 7) is 4.73. The van der Waals surface area contributed by atoms with Gasteiger partial charge in [0.15, 0.2) is 0 Å². The van der Waals surface area contributed by atoms with Crippen molar-refractivity contribution in [1.82, 2.24) is 9.97 Å². The summed E-state index contributed by atoms with van der Waals surface area (Å²) >= 11 is 0. The Labute approximate surface area is 90.0 Å². The van der Waals surface area contributed by atoms with Gasteiger partial charge in [0.2, 0.25) is 0 Å². The van der Waals surface area contributed by atoms with E-state index in [9.17, 15) is 0 Å². The predicted octanol–water partition coefficient (Wildman–Crippen LogP) is 0.929. The predicted molar refractivity (Wildman–Crippen MR) is 61.2 cm³/mol. The fourth-order valence-electron chi connectivity index (χ4n) is 1.33. The van der Waals surface area contributed by atoms with Crippen molar-refractivity contribution in [2.45, 2.75) is 20.3 Å². The van der Waals surface area contributed by atoms with E-state index in [1.807, 2.05) is 20.9 Å². The molecular weight excluding hydrogens is 192 g/mol. The van der Waals surface area contributed by atoms with Gasteiger partial charge in [-0.25, -0.2) is 9.97 Å². The Bertz CT molecular complexity index is 327. The van der Waals surface area contributed by atoms with Crippen LogP contribution in [0.5, 0.6) is 0 Å². The van der Waals surface area contributed by atoms with Crippen molar-refractivity contribution < 1.29 is 5.11 Å². The van der Waals surface area contributed by atoms with E-state index in [4.69, 9.17) is 5.11 Å². The molecule has 0 atom stereocenters. The van der Waals surface area contributed by atoms with Crippen LogP contribution < -0.4 is 10.6 Å². The van der Waals surface area contributed by atoms with Gasteiger partial charge in [-0.2, -0.15) is 0 Å². The monoisotopic (exact) mass is 210 g/mol. The molecule has 0 spiro atoms. The molecule has 0 aliphatic heterocycles. The van der Waals surface area contributed by atoms with Crippen LogP contribution in [0.1, 0.15) is 17.8 Å². The first-order valence-electron chi connectivity index (χ1n) is 5.06. The van der Waals surface area contributed by atoms with Gasteiger partial charge in [0, 0.05) is 25.8 Å². The van der Waals surface area contributed by atoms with E-state index in [0.29, 0.717) is 0 Å². The van der Waals surface area contributed by atoms with Gasteiger partial charge < -0.3 is 15.7 Å². The number of aryl methyl sites for hydroxylation is 1. The molecule has 3 N–H and O–H groups in total. The lowest BCUT2D eigenvalue weighted by Crippen LogP contribution is -2.10. The van der Waals surface area contributed by atoms with Crippen LogP contribution in [-0.4, -0.2) is 35.3 Å². The summed E-state index contributed by atoms with van der Waals surface area (Å²) in [5, 5.41) is 14.9. The first-order valence-corrected chi connectivity index (χ1v) is 5.06. The number of aromatic nitrogens is 2. The maximum Gasteiger partial charge on any atom is 0.134 e. The smallest absolute Gasteiger partial charge is 0.134 e. The quantitative estimate of drug-likeness (QED) is 0.631. The van der Waals surface area contributed by atoms with Gasteiger partial charge in [-0.15, -0.1) is 0 Å². The highest BCUT2D eigenvalue weighted by atomic mass is 16.3. The zero-order valence-electron chi connectivity index (χ0n) is 9.46. The number of aliphatic hydroxyl groups excluding tert-OH is 1. The molecule has 0 aliphatic rings. The van der Waals surface area contributed by atoms with Crippen LogP contribution in [0.3, 0.4) is 0 Å². The van der Waals surface area contributed by atoms with E-state index in [1.165, 1.54) is 0 Å². The zero-order chi connectivity index (χ0) is 11.3. The summed E-state index contributed by atoms with van der Waals surface area (Å²) in [4.78, 5) is 8.58. The number of hydrogen-bond acceptors (Lipinski definition) is 5. The summed E-state index contributed by atoms with van der Waals surface area (Å²) in [5.74, 6) is 2.41. The molecule has 5 nitrogen and oxygen atoms in total. The Hall–Kier alpha value is -1.36. The summed E-state index contributed by atoms with van der Waals surface area (Å²) in [6.07, 6.45) is 0.720. The molecular formula is C10H18N4O. The Morgan fingerprint density at radius 1 is 1.20 bits per heavy atom. The molecule has 0 radical (unpaired) electrons. The van der Waals surface area contributed by atoms with E-state index in [2.05, 4.69) is 20.6 Å². The Balaban J connectivity index is 2.81. The molecule has 0 saturated heterocycles. The number of anilines is 2. The van der Waals surface area contributed by atoms with Crippen LogP contribution in [0.2, 0.25) is 0 Å². The van der Waals surface area contributed by atoms with Crippen molar-refractivity contribution in [2.24, 2.45) is 0 Å². The van der Waals surface area contributed by atoms with Crippen LogP contribution in [0.4, 0.5) is 11.6 Å². The van der Waals surface area contributed by atoms with Gasteiger partial charge in [0.25, 0.3) is 0 Å². The molecule has 84 valence electrons. The number of nitrogens with zero attached hydrogens (tertiary/aromatic N) is 2. The molecule has 0 aliphatic carbocycles. The molecule has 0 aromatic carbocycles. The van der Waals surface area contributed by atoms with Crippen molar-refractivity contribution in [3.8, 4) is 0 Å². The normalized spacial score (nSPS) is 10.1. The lowest BCUT2D eigenvalue weighted by Gasteiger charge is -2.11. The minimum absolute atomic E-state index is 0.189. The van der Waals surface area contributed by atoms with Gasteiger partial charge >= 0.3 is 0 Å². The largest absolute Gasteiger partial charge is 0.396 e. The van der Waals surface area contributed by atoms with E-state index in [-0.39, 0.29) is 6.61 Å². The minimum atomic E-state index is 0.189. The number of nitrogens with one attached hydrogen (secondary N) is 2. The maximum atomic E-state index is 8.68. The third-order valence-corrected chi connectivity index (χ3v) is 2.12. The standard InChI is InChI=1S/C10H18N4O/c1-7-9(11-3)13-8(2)14-10(7)12-5-4-6-15/h15H,4-6H2,1-3H3,(H2,11,12,13,14). The molecule has 5 heteroatoms. The van der Waals surface area contributed by atoms with Gasteiger partial charge in [0.05, 0.1) is 0 Å². The average Bonchev–Trinajstić information content (AvgIpc) is 2.23. The summed E-state index contributed by atoms with van der Waals surface area (Å²) in [7, 11) is 1.84. The molecule has 0 amide bonds. The van der Waals surface area contributed by atoms with Crippen LogP contribution in [0, 0.1) is 13.8 Å². The number of rotatable bonds is 5. The third-order valence-electron chi connectivity index (χ3n) is 2.12. The average molecular weight is 210 g/mol. The van der Waals surface area contributed by atoms with E-state index < -0.39 is 0 Å². The molecule has 0 saturated carbocycles. The number of aliphatic hydroxyl groups is 1. The van der Waals surface area contributed by atoms with Crippen LogP contribution in [0.15, 0.2) is 0 Å². The highest BCUT2D eigenvalue weighted by Gasteiger charge is 2.06. The second-order valence-corrected chi connectivity index (χ2v) is 3.35. The molecule has 1 heterocycles. The molecule has 1 aromatic heterocycles. The Morgan fingerprint density at radius 2 is 1.87 bits per heavy atom. The molecule has 1 rings (SSSR count). The molecule has 0 fully saturated rings. The SMILES string of the molecule is CNc1nc(C)nc(NCCCO)c1C.